The van der Waals surface area contributed by atoms with Crippen LogP contribution >= 0.6 is 11.6 Å². The number of benzene rings is 2. The quantitative estimate of drug-likeness (QED) is 0.454. The van der Waals surface area contributed by atoms with E-state index in [2.05, 4.69) is 10.00 Å². The predicted molar refractivity (Wildman–Crippen MR) is 128 cm³/mol. The zero-order chi connectivity index (χ0) is 22.3. The summed E-state index contributed by atoms with van der Waals surface area (Å²) in [4.78, 5) is 6.94. The van der Waals surface area contributed by atoms with E-state index in [0.717, 1.165) is 28.0 Å². The van der Waals surface area contributed by atoms with Gasteiger partial charge in [0.25, 0.3) is 0 Å². The Hall–Kier alpha value is -2.94. The molecule has 0 unspecified atom stereocenters. The molecule has 1 aliphatic heterocycles. The molecule has 7 nitrogen and oxygen atoms in total. The van der Waals surface area contributed by atoms with Gasteiger partial charge in [0.15, 0.2) is 5.65 Å². The number of piperazine rings is 1. The van der Waals surface area contributed by atoms with Gasteiger partial charge in [0.1, 0.15) is 10.8 Å². The maximum absolute atomic E-state index is 12.8. The van der Waals surface area contributed by atoms with E-state index < -0.39 is 10.0 Å². The minimum atomic E-state index is -3.50. The van der Waals surface area contributed by atoms with Crippen LogP contribution in [0, 0.1) is 6.92 Å². The highest BCUT2D eigenvalue weighted by Gasteiger charge is 2.27. The van der Waals surface area contributed by atoms with E-state index in [-0.39, 0.29) is 0 Å². The van der Waals surface area contributed by atoms with Crippen LogP contribution in [-0.2, 0) is 10.0 Å². The van der Waals surface area contributed by atoms with Gasteiger partial charge >= 0.3 is 0 Å². The number of halogens is 1. The molecule has 0 atom stereocenters. The van der Waals surface area contributed by atoms with Gasteiger partial charge in [0.2, 0.25) is 10.0 Å². The highest BCUT2D eigenvalue weighted by molar-refractivity contribution is 7.92. The number of hydrogen-bond acceptors (Lipinski definition) is 5. The smallest absolute Gasteiger partial charge is 0.236 e. The average molecular weight is 468 g/mol. The zero-order valence-corrected chi connectivity index (χ0v) is 19.1. The van der Waals surface area contributed by atoms with Crippen molar-refractivity contribution < 1.29 is 8.42 Å². The minimum Gasteiger partial charge on any atom is -0.353 e. The Morgan fingerprint density at radius 2 is 1.66 bits per heavy atom. The van der Waals surface area contributed by atoms with Crippen LogP contribution in [0.3, 0.4) is 0 Å². The van der Waals surface area contributed by atoms with Gasteiger partial charge in [-0.3, -0.25) is 0 Å². The molecule has 0 N–H and O–H groups in total. The van der Waals surface area contributed by atoms with Crippen molar-refractivity contribution in [2.45, 2.75) is 6.92 Å². The first-order valence-electron chi connectivity index (χ1n) is 10.4. The summed E-state index contributed by atoms with van der Waals surface area (Å²) in [7, 11) is -3.50. The summed E-state index contributed by atoms with van der Waals surface area (Å²) in [5, 5.41) is 7.30. The summed E-state index contributed by atoms with van der Waals surface area (Å²) >= 11 is 6.46. The molecule has 0 spiro atoms. The number of rotatable bonds is 4. The maximum atomic E-state index is 12.8. The fourth-order valence-electron chi connectivity index (χ4n) is 3.98. The van der Waals surface area contributed by atoms with Gasteiger partial charge in [-0.2, -0.15) is 9.40 Å². The fraction of sp³-hybridized carbons (Fsp3) is 0.217. The lowest BCUT2D eigenvalue weighted by molar-refractivity contribution is 0.389. The number of sulfonamides is 1. The fourth-order valence-corrected chi connectivity index (χ4v) is 5.31. The molecular formula is C23H22ClN5O2S. The van der Waals surface area contributed by atoms with Crippen molar-refractivity contribution in [2.75, 3.05) is 31.1 Å². The van der Waals surface area contributed by atoms with Crippen molar-refractivity contribution in [3.63, 3.8) is 0 Å². The van der Waals surface area contributed by atoms with Crippen LogP contribution < -0.4 is 4.90 Å². The summed E-state index contributed by atoms with van der Waals surface area (Å²) in [6.07, 6.45) is 1.63. The van der Waals surface area contributed by atoms with Crippen molar-refractivity contribution >= 4 is 50.1 Å². The van der Waals surface area contributed by atoms with Crippen molar-refractivity contribution in [2.24, 2.45) is 0 Å². The standard InChI is InChI=1S/C23H22ClN5O2S/c1-17-21(24)23-25-22(19-9-5-6-10-20(19)29(23)26-17)27-12-14-28(15-13-27)32(30,31)16-11-18-7-3-2-4-8-18/h2-11,16H,12-15H2,1H3/b16-11+. The van der Waals surface area contributed by atoms with Crippen LogP contribution in [0.2, 0.25) is 5.02 Å². The van der Waals surface area contributed by atoms with E-state index >= 15 is 0 Å². The Labute approximate surface area is 191 Å². The summed E-state index contributed by atoms with van der Waals surface area (Å²) in [6.45, 7) is 3.70. The molecule has 32 heavy (non-hydrogen) atoms. The zero-order valence-electron chi connectivity index (χ0n) is 17.5. The Kier molecular flexibility index (Phi) is 5.36. The molecule has 0 saturated carbocycles. The average Bonchev–Trinajstić information content (AvgIpc) is 3.12. The largest absolute Gasteiger partial charge is 0.353 e. The maximum Gasteiger partial charge on any atom is 0.236 e. The first kappa shape index (κ1) is 20.9. The molecule has 3 heterocycles. The molecule has 0 aliphatic carbocycles. The molecule has 164 valence electrons. The molecule has 0 bridgehead atoms. The number of aryl methyl sites for hydroxylation is 1. The van der Waals surface area contributed by atoms with Crippen molar-refractivity contribution in [3.05, 3.63) is 76.3 Å². The second-order valence-electron chi connectivity index (χ2n) is 7.73. The highest BCUT2D eigenvalue weighted by Crippen LogP contribution is 2.31. The van der Waals surface area contributed by atoms with E-state index in [1.54, 1.807) is 10.6 Å². The van der Waals surface area contributed by atoms with Gasteiger partial charge in [-0.15, -0.1) is 0 Å². The summed E-state index contributed by atoms with van der Waals surface area (Å²) in [6, 6.07) is 17.3. The number of hydrogen-bond donors (Lipinski definition) is 0. The third-order valence-electron chi connectivity index (χ3n) is 5.68. The molecule has 4 aromatic rings. The molecule has 0 radical (unpaired) electrons. The lowest BCUT2D eigenvalue weighted by atomic mass is 10.2. The van der Waals surface area contributed by atoms with Crippen LogP contribution in [0.15, 0.2) is 60.0 Å². The normalized spacial score (nSPS) is 15.9. The molecule has 5 rings (SSSR count). The van der Waals surface area contributed by atoms with E-state index in [9.17, 15) is 8.42 Å². The van der Waals surface area contributed by atoms with Crippen molar-refractivity contribution in [3.8, 4) is 0 Å². The number of anilines is 1. The van der Waals surface area contributed by atoms with E-state index in [4.69, 9.17) is 16.6 Å². The first-order valence-corrected chi connectivity index (χ1v) is 12.2. The van der Waals surface area contributed by atoms with E-state index in [0.29, 0.717) is 36.8 Å². The van der Waals surface area contributed by atoms with Crippen LogP contribution in [0.5, 0.6) is 0 Å². The minimum absolute atomic E-state index is 0.384. The lowest BCUT2D eigenvalue weighted by Gasteiger charge is -2.34. The molecule has 1 saturated heterocycles. The van der Waals surface area contributed by atoms with Gasteiger partial charge in [0.05, 0.1) is 11.2 Å². The molecule has 9 heteroatoms. The lowest BCUT2D eigenvalue weighted by Crippen LogP contribution is -2.48. The van der Waals surface area contributed by atoms with Gasteiger partial charge in [-0.05, 0) is 30.7 Å². The molecule has 1 aliphatic rings. The molecule has 0 amide bonds. The Balaban J connectivity index is 1.41. The van der Waals surface area contributed by atoms with E-state index in [1.165, 1.54) is 9.71 Å². The van der Waals surface area contributed by atoms with Crippen LogP contribution in [0.25, 0.3) is 22.6 Å². The third kappa shape index (κ3) is 3.74. The van der Waals surface area contributed by atoms with Crippen molar-refractivity contribution in [1.29, 1.82) is 0 Å². The molecular weight excluding hydrogens is 446 g/mol. The van der Waals surface area contributed by atoms with Crippen molar-refractivity contribution in [1.82, 2.24) is 18.9 Å². The Bertz CT molecular complexity index is 1430. The van der Waals surface area contributed by atoms with Gasteiger partial charge in [0, 0.05) is 37.0 Å². The summed E-state index contributed by atoms with van der Waals surface area (Å²) < 4.78 is 28.9. The molecule has 2 aromatic heterocycles. The highest BCUT2D eigenvalue weighted by atomic mass is 35.5. The van der Waals surface area contributed by atoms with E-state index in [1.807, 2.05) is 61.5 Å². The second-order valence-corrected chi connectivity index (χ2v) is 9.93. The summed E-state index contributed by atoms with van der Waals surface area (Å²) in [5.41, 5.74) is 3.11. The SMILES string of the molecule is Cc1nn2c(nc(N3CCN(S(=O)(=O)/C=C/c4ccccc4)CC3)c3ccccc32)c1Cl. The number of aromatic nitrogens is 3. The van der Waals surface area contributed by atoms with Crippen LogP contribution in [-0.4, -0.2) is 53.5 Å². The monoisotopic (exact) mass is 467 g/mol. The van der Waals surface area contributed by atoms with Crippen LogP contribution in [0.1, 0.15) is 11.3 Å². The van der Waals surface area contributed by atoms with Gasteiger partial charge in [-0.1, -0.05) is 54.1 Å². The number of fused-ring (bicyclic) bond motifs is 3. The Morgan fingerprint density at radius 1 is 0.969 bits per heavy atom. The predicted octanol–water partition coefficient (Wildman–Crippen LogP) is 3.97. The molecule has 1 fully saturated rings. The Morgan fingerprint density at radius 3 is 2.41 bits per heavy atom. The summed E-state index contributed by atoms with van der Waals surface area (Å²) in [5.74, 6) is 0.798. The van der Waals surface area contributed by atoms with Gasteiger partial charge in [-0.25, -0.2) is 17.9 Å². The second kappa shape index (κ2) is 8.20. The molecule has 2 aromatic carbocycles. The first-order chi connectivity index (χ1) is 15.4. The topological polar surface area (TPSA) is 70.8 Å². The number of para-hydroxylation sites is 1. The third-order valence-corrected chi connectivity index (χ3v) is 7.69. The number of nitrogens with zero attached hydrogens (tertiary/aromatic N) is 5. The van der Waals surface area contributed by atoms with Gasteiger partial charge < -0.3 is 4.90 Å². The van der Waals surface area contributed by atoms with Crippen LogP contribution in [0.4, 0.5) is 5.82 Å².